The number of benzene rings is 2. The molecule has 0 spiro atoms. The molecule has 2 rings (SSSR count). The number of halogens is 1. The molecule has 2 aromatic carbocycles. The predicted molar refractivity (Wildman–Crippen MR) is 81.3 cm³/mol. The number of hydrogen-bond acceptors (Lipinski definition) is 3. The summed E-state index contributed by atoms with van der Waals surface area (Å²) >= 11 is 6.06. The smallest absolute Gasteiger partial charge is 0.207 e. The highest BCUT2D eigenvalue weighted by Crippen LogP contribution is 2.24. The van der Waals surface area contributed by atoms with E-state index in [-0.39, 0.29) is 4.90 Å². The van der Waals surface area contributed by atoms with Crippen LogP contribution in [0, 0.1) is 11.3 Å². The van der Waals surface area contributed by atoms with Crippen molar-refractivity contribution in [3.8, 4) is 6.07 Å². The summed E-state index contributed by atoms with van der Waals surface area (Å²) in [5.74, 6) is 0. The Morgan fingerprint density at radius 2 is 1.76 bits per heavy atom. The lowest BCUT2D eigenvalue weighted by atomic mass is 10.1. The molecular weight excluding hydrogens is 308 g/mol. The summed E-state index contributed by atoms with van der Waals surface area (Å²) in [5, 5.41) is 9.23. The van der Waals surface area contributed by atoms with Crippen molar-refractivity contribution in [1.29, 1.82) is 5.26 Å². The minimum absolute atomic E-state index is 0.111. The van der Waals surface area contributed by atoms with Crippen molar-refractivity contribution in [3.63, 3.8) is 0 Å². The Hall–Kier alpha value is -1.87. The molecule has 0 unspecified atom stereocenters. The predicted octanol–water partition coefficient (Wildman–Crippen LogP) is 3.25. The number of sulfonamides is 1. The van der Waals surface area contributed by atoms with Crippen LogP contribution in [0.1, 0.15) is 24.1 Å². The molecule has 0 aliphatic rings. The summed E-state index contributed by atoms with van der Waals surface area (Å²) in [6.45, 7) is 1.72. The largest absolute Gasteiger partial charge is 0.241 e. The normalized spacial score (nSPS) is 12.6. The molecule has 1 N–H and O–H groups in total. The maximum absolute atomic E-state index is 12.3. The zero-order valence-electron chi connectivity index (χ0n) is 11.2. The van der Waals surface area contributed by atoms with Gasteiger partial charge in [-0.2, -0.15) is 5.26 Å². The summed E-state index contributed by atoms with van der Waals surface area (Å²) < 4.78 is 27.2. The molecule has 0 bridgehead atoms. The third kappa shape index (κ3) is 3.61. The summed E-state index contributed by atoms with van der Waals surface area (Å²) in [5.41, 5.74) is 1.12. The number of hydrogen-bond donors (Lipinski definition) is 1. The van der Waals surface area contributed by atoms with Gasteiger partial charge in [0.2, 0.25) is 10.0 Å². The monoisotopic (exact) mass is 320 g/mol. The van der Waals surface area contributed by atoms with E-state index < -0.39 is 16.1 Å². The highest BCUT2D eigenvalue weighted by molar-refractivity contribution is 7.89. The Balaban J connectivity index is 2.25. The average Bonchev–Trinajstić information content (AvgIpc) is 2.47. The van der Waals surface area contributed by atoms with Crippen molar-refractivity contribution < 1.29 is 8.42 Å². The molecule has 0 aromatic heterocycles. The first-order valence-corrected chi connectivity index (χ1v) is 8.07. The lowest BCUT2D eigenvalue weighted by Crippen LogP contribution is -2.27. The summed E-state index contributed by atoms with van der Waals surface area (Å²) in [7, 11) is -3.67. The molecule has 0 amide bonds. The number of nitrogens with one attached hydrogen (secondary N) is 1. The quantitative estimate of drug-likeness (QED) is 0.940. The Bertz CT molecular complexity index is 780. The lowest BCUT2D eigenvalue weighted by molar-refractivity contribution is 0.567. The van der Waals surface area contributed by atoms with E-state index in [0.29, 0.717) is 16.1 Å². The van der Waals surface area contributed by atoms with Gasteiger partial charge in [0.25, 0.3) is 0 Å². The van der Waals surface area contributed by atoms with Crippen LogP contribution in [0.3, 0.4) is 0 Å². The Morgan fingerprint density at radius 3 is 2.33 bits per heavy atom. The molecule has 6 heteroatoms. The van der Waals surface area contributed by atoms with Crippen LogP contribution in [0.25, 0.3) is 0 Å². The summed E-state index contributed by atoms with van der Waals surface area (Å²) in [6.07, 6.45) is 0. The third-order valence-electron chi connectivity index (χ3n) is 3.00. The van der Waals surface area contributed by atoms with Gasteiger partial charge in [0, 0.05) is 11.1 Å². The first-order valence-electron chi connectivity index (χ1n) is 6.21. The van der Waals surface area contributed by atoms with Crippen molar-refractivity contribution >= 4 is 21.6 Å². The van der Waals surface area contributed by atoms with E-state index in [1.165, 1.54) is 24.3 Å². The van der Waals surface area contributed by atoms with E-state index in [1.54, 1.807) is 31.2 Å². The van der Waals surface area contributed by atoms with Gasteiger partial charge in [-0.15, -0.1) is 0 Å². The van der Waals surface area contributed by atoms with E-state index in [9.17, 15) is 8.42 Å². The minimum atomic E-state index is -3.67. The first-order chi connectivity index (χ1) is 9.94. The van der Waals surface area contributed by atoms with Crippen LogP contribution >= 0.6 is 11.6 Å². The van der Waals surface area contributed by atoms with Crippen LogP contribution in [0.4, 0.5) is 0 Å². The minimum Gasteiger partial charge on any atom is -0.207 e. The van der Waals surface area contributed by atoms with Crippen LogP contribution in [-0.4, -0.2) is 8.42 Å². The van der Waals surface area contributed by atoms with E-state index in [2.05, 4.69) is 4.72 Å². The van der Waals surface area contributed by atoms with Gasteiger partial charge < -0.3 is 0 Å². The Morgan fingerprint density at radius 1 is 1.14 bits per heavy atom. The van der Waals surface area contributed by atoms with Crippen LogP contribution < -0.4 is 4.72 Å². The fourth-order valence-electron chi connectivity index (χ4n) is 1.90. The van der Waals surface area contributed by atoms with Crippen molar-refractivity contribution in [3.05, 3.63) is 64.7 Å². The second kappa shape index (κ2) is 6.27. The van der Waals surface area contributed by atoms with E-state index in [4.69, 9.17) is 16.9 Å². The van der Waals surface area contributed by atoms with Crippen molar-refractivity contribution in [2.24, 2.45) is 0 Å². The fraction of sp³-hybridized carbons (Fsp3) is 0.133. The molecule has 0 saturated carbocycles. The van der Waals surface area contributed by atoms with Crippen LogP contribution in [0.2, 0.25) is 5.02 Å². The fourth-order valence-corrected chi connectivity index (χ4v) is 3.42. The van der Waals surface area contributed by atoms with Crippen LogP contribution in [0.15, 0.2) is 53.4 Å². The highest BCUT2D eigenvalue weighted by Gasteiger charge is 2.19. The SMILES string of the molecule is C[C@@H](NS(=O)(=O)c1ccc(C#N)cc1)c1ccccc1Cl. The maximum Gasteiger partial charge on any atom is 0.241 e. The van der Waals surface area contributed by atoms with E-state index >= 15 is 0 Å². The molecule has 0 fully saturated rings. The Kier molecular flexibility index (Phi) is 4.63. The highest BCUT2D eigenvalue weighted by atomic mass is 35.5. The number of nitrogens with zero attached hydrogens (tertiary/aromatic N) is 1. The standard InChI is InChI=1S/C15H13ClN2O2S/c1-11(14-4-2-3-5-15(14)16)18-21(19,20)13-8-6-12(10-17)7-9-13/h2-9,11,18H,1H3/t11-/m1/s1. The zero-order valence-corrected chi connectivity index (χ0v) is 12.8. The molecule has 0 aliphatic heterocycles. The summed E-state index contributed by atoms with van der Waals surface area (Å²) in [4.78, 5) is 0.111. The van der Waals surface area contributed by atoms with Crippen molar-refractivity contribution in [2.75, 3.05) is 0 Å². The lowest BCUT2D eigenvalue weighted by Gasteiger charge is -2.16. The van der Waals surface area contributed by atoms with E-state index in [0.717, 1.165) is 0 Å². The van der Waals surface area contributed by atoms with Gasteiger partial charge in [0.15, 0.2) is 0 Å². The second-order valence-corrected chi connectivity index (χ2v) is 6.62. The molecule has 0 radical (unpaired) electrons. The third-order valence-corrected chi connectivity index (χ3v) is 4.90. The van der Waals surface area contributed by atoms with Crippen LogP contribution in [-0.2, 0) is 10.0 Å². The molecule has 4 nitrogen and oxygen atoms in total. The molecular formula is C15H13ClN2O2S. The average molecular weight is 321 g/mol. The first kappa shape index (κ1) is 15.5. The maximum atomic E-state index is 12.3. The van der Waals surface area contributed by atoms with Crippen LogP contribution in [0.5, 0.6) is 0 Å². The van der Waals surface area contributed by atoms with Gasteiger partial charge in [-0.1, -0.05) is 29.8 Å². The zero-order chi connectivity index (χ0) is 15.5. The molecule has 2 aromatic rings. The van der Waals surface area contributed by atoms with Gasteiger partial charge in [0.1, 0.15) is 0 Å². The number of rotatable bonds is 4. The van der Waals surface area contributed by atoms with Gasteiger partial charge >= 0.3 is 0 Å². The summed E-state index contributed by atoms with van der Waals surface area (Å²) in [6, 6.07) is 14.3. The van der Waals surface area contributed by atoms with Crippen molar-refractivity contribution in [1.82, 2.24) is 4.72 Å². The molecule has 0 heterocycles. The number of nitriles is 1. The van der Waals surface area contributed by atoms with Gasteiger partial charge in [-0.05, 0) is 42.8 Å². The van der Waals surface area contributed by atoms with Gasteiger partial charge in [0.05, 0.1) is 16.5 Å². The topological polar surface area (TPSA) is 70.0 Å². The molecule has 1 atom stereocenters. The van der Waals surface area contributed by atoms with Gasteiger partial charge in [-0.3, -0.25) is 0 Å². The molecule has 0 aliphatic carbocycles. The van der Waals surface area contributed by atoms with Gasteiger partial charge in [-0.25, -0.2) is 13.1 Å². The second-order valence-electron chi connectivity index (χ2n) is 4.50. The molecule has 21 heavy (non-hydrogen) atoms. The molecule has 108 valence electrons. The Labute approximate surface area is 129 Å². The molecule has 0 saturated heterocycles. The van der Waals surface area contributed by atoms with E-state index in [1.807, 2.05) is 6.07 Å². The van der Waals surface area contributed by atoms with Crippen molar-refractivity contribution in [2.45, 2.75) is 17.9 Å².